The molecule has 1 aliphatic heterocycles. The van der Waals surface area contributed by atoms with Gasteiger partial charge in [-0.05, 0) is 12.8 Å². The smallest absolute Gasteiger partial charge is 0.288 e. The van der Waals surface area contributed by atoms with Crippen molar-refractivity contribution in [3.8, 4) is 0 Å². The van der Waals surface area contributed by atoms with E-state index in [0.717, 1.165) is 0 Å². The summed E-state index contributed by atoms with van der Waals surface area (Å²) < 4.78 is 35.1. The molecule has 0 bridgehead atoms. The third kappa shape index (κ3) is 1.92. The summed E-state index contributed by atoms with van der Waals surface area (Å²) in [7, 11) is 0. The van der Waals surface area contributed by atoms with E-state index in [-0.39, 0.29) is 6.42 Å². The summed E-state index contributed by atoms with van der Waals surface area (Å²) in [6.45, 7) is 0.381. The van der Waals surface area contributed by atoms with Gasteiger partial charge in [0.2, 0.25) is 0 Å². The molecule has 1 fully saturated rings. The second-order valence-electron chi connectivity index (χ2n) is 2.43. The first-order chi connectivity index (χ1) is 5.02. The van der Waals surface area contributed by atoms with Gasteiger partial charge in [-0.15, -0.1) is 0 Å². The summed E-state index contributed by atoms with van der Waals surface area (Å²) in [5, 5.41) is 3.53. The van der Waals surface area contributed by atoms with Crippen LogP contribution in [0.15, 0.2) is 0 Å². The molecular formula is C6H7F3NO. The van der Waals surface area contributed by atoms with Crippen LogP contribution < -0.4 is 5.32 Å². The van der Waals surface area contributed by atoms with Crippen molar-refractivity contribution >= 4 is 5.78 Å². The molecule has 1 atom stereocenters. The molecule has 0 amide bonds. The number of halogens is 3. The largest absolute Gasteiger partial charge is 0.451 e. The predicted octanol–water partition coefficient (Wildman–Crippen LogP) is 0.885. The molecule has 0 aromatic rings. The lowest BCUT2D eigenvalue weighted by atomic mass is 10.1. The van der Waals surface area contributed by atoms with E-state index in [2.05, 4.69) is 5.32 Å². The summed E-state index contributed by atoms with van der Waals surface area (Å²) in [4.78, 5) is 10.4. The number of carbonyl (C=O) groups excluding carboxylic acids is 1. The Morgan fingerprint density at radius 2 is 2.09 bits per heavy atom. The molecule has 0 spiro atoms. The van der Waals surface area contributed by atoms with Gasteiger partial charge >= 0.3 is 6.18 Å². The highest BCUT2D eigenvalue weighted by molar-refractivity contribution is 5.89. The summed E-state index contributed by atoms with van der Waals surface area (Å²) in [6, 6.07) is -1.12. The van der Waals surface area contributed by atoms with E-state index in [4.69, 9.17) is 0 Å². The lowest BCUT2D eigenvalue weighted by Gasteiger charge is -2.09. The summed E-state index contributed by atoms with van der Waals surface area (Å²) in [5.41, 5.74) is 0. The number of rotatable bonds is 1. The minimum atomic E-state index is -4.71. The summed E-state index contributed by atoms with van der Waals surface area (Å²) in [5.74, 6) is -1.70. The zero-order valence-electron chi connectivity index (χ0n) is 5.69. The molecule has 11 heavy (non-hydrogen) atoms. The van der Waals surface area contributed by atoms with Crippen molar-refractivity contribution < 1.29 is 18.0 Å². The summed E-state index contributed by atoms with van der Waals surface area (Å²) >= 11 is 0. The fourth-order valence-electron chi connectivity index (χ4n) is 1.03. The molecule has 2 nitrogen and oxygen atoms in total. The van der Waals surface area contributed by atoms with E-state index < -0.39 is 18.0 Å². The van der Waals surface area contributed by atoms with Crippen LogP contribution >= 0.6 is 0 Å². The molecule has 1 radical (unpaired) electrons. The highest BCUT2D eigenvalue weighted by Crippen LogP contribution is 2.22. The number of carbonyl (C=O) groups is 1. The van der Waals surface area contributed by atoms with Gasteiger partial charge in [0.25, 0.3) is 5.78 Å². The van der Waals surface area contributed by atoms with E-state index in [1.807, 2.05) is 0 Å². The average Bonchev–Trinajstić information content (AvgIpc) is 2.34. The molecule has 0 N–H and O–H groups in total. The van der Waals surface area contributed by atoms with Crippen LogP contribution in [0.25, 0.3) is 0 Å². The average molecular weight is 166 g/mol. The molecule has 1 aliphatic rings. The van der Waals surface area contributed by atoms with E-state index in [1.54, 1.807) is 0 Å². The Kier molecular flexibility index (Phi) is 2.17. The molecule has 63 valence electrons. The predicted molar refractivity (Wildman–Crippen MR) is 31.1 cm³/mol. The molecule has 0 aromatic heterocycles. The van der Waals surface area contributed by atoms with Crippen LogP contribution in [0.2, 0.25) is 0 Å². The Labute approximate surface area is 61.8 Å². The van der Waals surface area contributed by atoms with Crippen LogP contribution in [0.5, 0.6) is 0 Å². The minimum absolute atomic E-state index is 0.248. The number of hydrogen-bond acceptors (Lipinski definition) is 1. The maximum absolute atomic E-state index is 11.7. The third-order valence-electron chi connectivity index (χ3n) is 1.57. The maximum atomic E-state index is 11.7. The zero-order valence-corrected chi connectivity index (χ0v) is 5.69. The van der Waals surface area contributed by atoms with Crippen LogP contribution in [-0.4, -0.2) is 24.5 Å². The molecule has 1 heterocycles. The Balaban J connectivity index is 2.53. The molecular weight excluding hydrogens is 159 g/mol. The van der Waals surface area contributed by atoms with Gasteiger partial charge in [0, 0.05) is 6.54 Å². The van der Waals surface area contributed by atoms with E-state index in [1.165, 1.54) is 0 Å². The Hall–Kier alpha value is -0.580. The highest BCUT2D eigenvalue weighted by atomic mass is 19.4. The second kappa shape index (κ2) is 2.81. The Morgan fingerprint density at radius 1 is 1.45 bits per heavy atom. The Morgan fingerprint density at radius 3 is 2.45 bits per heavy atom. The van der Waals surface area contributed by atoms with Gasteiger partial charge in [-0.2, -0.15) is 13.2 Å². The number of Topliss-reactive ketones (excluding diaryl/α,β-unsaturated/α-hetero) is 1. The van der Waals surface area contributed by atoms with Crippen molar-refractivity contribution in [3.05, 3.63) is 0 Å². The van der Waals surface area contributed by atoms with Gasteiger partial charge in [-0.3, -0.25) is 4.79 Å². The molecule has 1 rings (SSSR count). The molecule has 1 unspecified atom stereocenters. The van der Waals surface area contributed by atoms with Crippen molar-refractivity contribution in [1.29, 1.82) is 0 Å². The van der Waals surface area contributed by atoms with Crippen molar-refractivity contribution in [1.82, 2.24) is 5.32 Å². The standard InChI is InChI=1S/C6H7F3NO/c7-6(8,9)5(11)4-2-1-3-10-4/h4H,1-3H2. The normalized spacial score (nSPS) is 25.5. The number of ketones is 1. The second-order valence-corrected chi connectivity index (χ2v) is 2.43. The van der Waals surface area contributed by atoms with Gasteiger partial charge in [0.05, 0.1) is 6.04 Å². The van der Waals surface area contributed by atoms with Gasteiger partial charge in [0.15, 0.2) is 0 Å². The van der Waals surface area contributed by atoms with Crippen molar-refractivity contribution in [2.24, 2.45) is 0 Å². The van der Waals surface area contributed by atoms with Crippen molar-refractivity contribution in [2.45, 2.75) is 25.1 Å². The first kappa shape index (κ1) is 8.52. The number of nitrogens with zero attached hydrogens (tertiary/aromatic N) is 1. The molecule has 1 saturated heterocycles. The first-order valence-electron chi connectivity index (χ1n) is 3.29. The monoisotopic (exact) mass is 166 g/mol. The fraction of sp³-hybridized carbons (Fsp3) is 0.833. The quantitative estimate of drug-likeness (QED) is 0.569. The number of alkyl halides is 3. The van der Waals surface area contributed by atoms with Crippen LogP contribution in [0.4, 0.5) is 13.2 Å². The fourth-order valence-corrected chi connectivity index (χ4v) is 1.03. The lowest BCUT2D eigenvalue weighted by molar-refractivity contribution is -0.173. The topological polar surface area (TPSA) is 31.2 Å². The van der Waals surface area contributed by atoms with Crippen LogP contribution in [-0.2, 0) is 4.79 Å². The molecule has 0 aromatic carbocycles. The zero-order chi connectivity index (χ0) is 8.48. The van der Waals surface area contributed by atoms with Gasteiger partial charge in [-0.25, -0.2) is 5.32 Å². The summed E-state index contributed by atoms with van der Waals surface area (Å²) in [6.07, 6.45) is -3.87. The number of hydrogen-bond donors (Lipinski definition) is 0. The van der Waals surface area contributed by atoms with Crippen LogP contribution in [0.3, 0.4) is 0 Å². The van der Waals surface area contributed by atoms with Crippen molar-refractivity contribution in [2.75, 3.05) is 6.54 Å². The molecule has 0 aliphatic carbocycles. The van der Waals surface area contributed by atoms with Gasteiger partial charge < -0.3 is 0 Å². The molecule has 5 heteroatoms. The van der Waals surface area contributed by atoms with Crippen molar-refractivity contribution in [3.63, 3.8) is 0 Å². The van der Waals surface area contributed by atoms with E-state index in [9.17, 15) is 18.0 Å². The van der Waals surface area contributed by atoms with Gasteiger partial charge in [0.1, 0.15) is 0 Å². The highest BCUT2D eigenvalue weighted by Gasteiger charge is 2.44. The minimum Gasteiger partial charge on any atom is -0.288 e. The lowest BCUT2D eigenvalue weighted by Crippen LogP contribution is -2.37. The van der Waals surface area contributed by atoms with Gasteiger partial charge in [-0.1, -0.05) is 0 Å². The van der Waals surface area contributed by atoms with Crippen LogP contribution in [0, 0.1) is 0 Å². The van der Waals surface area contributed by atoms with Crippen LogP contribution in [0.1, 0.15) is 12.8 Å². The van der Waals surface area contributed by atoms with E-state index >= 15 is 0 Å². The first-order valence-corrected chi connectivity index (χ1v) is 3.29. The Bertz CT molecular complexity index is 160. The third-order valence-corrected chi connectivity index (χ3v) is 1.57. The molecule has 0 saturated carbocycles. The SMILES string of the molecule is O=C(C1CCC[N]1)C(F)(F)F. The maximum Gasteiger partial charge on any atom is 0.451 e. The van der Waals surface area contributed by atoms with E-state index in [0.29, 0.717) is 13.0 Å².